The number of ether oxygens (including phenoxy) is 1. The summed E-state index contributed by atoms with van der Waals surface area (Å²) in [5, 5.41) is 0. The second kappa shape index (κ2) is 3.87. The SMILES string of the molecule is COc1ccc2c(c1)[C@@](C)(CC=O)C(=O)N2C. The number of hydrogen-bond acceptors (Lipinski definition) is 3. The lowest BCUT2D eigenvalue weighted by Crippen LogP contribution is -2.36. The maximum Gasteiger partial charge on any atom is 0.237 e. The Morgan fingerprint density at radius 3 is 2.76 bits per heavy atom. The van der Waals surface area contributed by atoms with E-state index in [1.807, 2.05) is 18.2 Å². The molecule has 0 aromatic heterocycles. The van der Waals surface area contributed by atoms with Crippen LogP contribution < -0.4 is 9.64 Å². The predicted octanol–water partition coefficient (Wildman–Crippen LogP) is 1.52. The van der Waals surface area contributed by atoms with Gasteiger partial charge < -0.3 is 14.4 Å². The number of nitrogens with zero attached hydrogens (tertiary/aromatic N) is 1. The minimum absolute atomic E-state index is 0.0483. The number of carbonyl (C=O) groups is 2. The van der Waals surface area contributed by atoms with Gasteiger partial charge in [0.25, 0.3) is 0 Å². The van der Waals surface area contributed by atoms with Crippen molar-refractivity contribution in [3.63, 3.8) is 0 Å². The summed E-state index contributed by atoms with van der Waals surface area (Å²) in [6.07, 6.45) is 0.983. The Labute approximate surface area is 100 Å². The summed E-state index contributed by atoms with van der Waals surface area (Å²) in [6, 6.07) is 5.50. The lowest BCUT2D eigenvalue weighted by atomic mass is 9.81. The van der Waals surface area contributed by atoms with Crippen LogP contribution in [0.3, 0.4) is 0 Å². The van der Waals surface area contributed by atoms with Crippen molar-refractivity contribution in [1.82, 2.24) is 0 Å². The average Bonchev–Trinajstić information content (AvgIpc) is 2.52. The summed E-state index contributed by atoms with van der Waals surface area (Å²) in [5.74, 6) is 0.650. The van der Waals surface area contributed by atoms with E-state index >= 15 is 0 Å². The van der Waals surface area contributed by atoms with Gasteiger partial charge in [0.05, 0.1) is 12.5 Å². The van der Waals surface area contributed by atoms with Crippen LogP contribution in [0.15, 0.2) is 18.2 Å². The summed E-state index contributed by atoms with van der Waals surface area (Å²) < 4.78 is 5.16. The third-order valence-electron chi connectivity index (χ3n) is 3.43. The van der Waals surface area contributed by atoms with Gasteiger partial charge >= 0.3 is 0 Å². The standard InChI is InChI=1S/C13H15NO3/c1-13(6-7-15)10-8-9(17-3)4-5-11(10)14(2)12(13)16/h4-5,7-8H,6H2,1-3H3/t13-/m1/s1. The molecule has 0 saturated carbocycles. The number of rotatable bonds is 3. The molecule has 0 unspecified atom stereocenters. The van der Waals surface area contributed by atoms with Gasteiger partial charge in [-0.15, -0.1) is 0 Å². The van der Waals surface area contributed by atoms with E-state index in [0.29, 0.717) is 5.75 Å². The zero-order valence-corrected chi connectivity index (χ0v) is 10.2. The lowest BCUT2D eigenvalue weighted by Gasteiger charge is -2.20. The first-order chi connectivity index (χ1) is 8.04. The molecule has 1 atom stereocenters. The Balaban J connectivity index is 2.60. The number of anilines is 1. The largest absolute Gasteiger partial charge is 0.497 e. The van der Waals surface area contributed by atoms with Crippen molar-refractivity contribution < 1.29 is 14.3 Å². The first-order valence-corrected chi connectivity index (χ1v) is 5.45. The average molecular weight is 233 g/mol. The molecule has 0 aliphatic carbocycles. The van der Waals surface area contributed by atoms with Gasteiger partial charge in [0.15, 0.2) is 0 Å². The van der Waals surface area contributed by atoms with Gasteiger partial charge in [-0.25, -0.2) is 0 Å². The Hall–Kier alpha value is -1.84. The van der Waals surface area contributed by atoms with Crippen molar-refractivity contribution >= 4 is 17.9 Å². The Bertz CT molecular complexity index is 484. The first-order valence-electron chi connectivity index (χ1n) is 5.45. The number of hydrogen-bond donors (Lipinski definition) is 0. The van der Waals surface area contributed by atoms with E-state index < -0.39 is 5.41 Å². The molecule has 1 aromatic carbocycles. The van der Waals surface area contributed by atoms with E-state index in [4.69, 9.17) is 4.74 Å². The fourth-order valence-corrected chi connectivity index (χ4v) is 2.34. The number of carbonyl (C=O) groups excluding carboxylic acids is 2. The summed E-state index contributed by atoms with van der Waals surface area (Å²) in [6.45, 7) is 1.80. The fraction of sp³-hybridized carbons (Fsp3) is 0.385. The van der Waals surface area contributed by atoms with Crippen LogP contribution in [0.25, 0.3) is 0 Å². The predicted molar refractivity (Wildman–Crippen MR) is 64.4 cm³/mol. The molecule has 0 bridgehead atoms. The van der Waals surface area contributed by atoms with Crippen LogP contribution in [0.1, 0.15) is 18.9 Å². The topological polar surface area (TPSA) is 46.6 Å². The minimum Gasteiger partial charge on any atom is -0.497 e. The molecule has 1 aliphatic rings. The van der Waals surface area contributed by atoms with Gasteiger partial charge in [0.2, 0.25) is 5.91 Å². The third kappa shape index (κ3) is 1.52. The van der Waals surface area contributed by atoms with E-state index in [-0.39, 0.29) is 12.3 Å². The molecule has 1 amide bonds. The van der Waals surface area contributed by atoms with Crippen LogP contribution in [0.5, 0.6) is 5.75 Å². The van der Waals surface area contributed by atoms with E-state index in [2.05, 4.69) is 0 Å². The van der Waals surface area contributed by atoms with E-state index in [1.165, 1.54) is 0 Å². The Kier molecular flexibility index (Phi) is 2.65. The Morgan fingerprint density at radius 2 is 2.18 bits per heavy atom. The molecule has 0 saturated heterocycles. The molecular formula is C13H15NO3. The zero-order valence-electron chi connectivity index (χ0n) is 10.2. The molecule has 1 aromatic rings. The van der Waals surface area contributed by atoms with Crippen molar-refractivity contribution in [2.75, 3.05) is 19.1 Å². The monoisotopic (exact) mass is 233 g/mol. The third-order valence-corrected chi connectivity index (χ3v) is 3.43. The maximum absolute atomic E-state index is 12.2. The van der Waals surface area contributed by atoms with Crippen molar-refractivity contribution in [2.24, 2.45) is 0 Å². The van der Waals surface area contributed by atoms with Gasteiger partial charge in [-0.2, -0.15) is 0 Å². The molecule has 17 heavy (non-hydrogen) atoms. The summed E-state index contributed by atoms with van der Waals surface area (Å²) in [7, 11) is 3.31. The molecule has 0 spiro atoms. The quantitative estimate of drug-likeness (QED) is 0.743. The smallest absolute Gasteiger partial charge is 0.237 e. The highest BCUT2D eigenvalue weighted by Gasteiger charge is 2.45. The van der Waals surface area contributed by atoms with Gasteiger partial charge in [0.1, 0.15) is 12.0 Å². The van der Waals surface area contributed by atoms with Gasteiger partial charge in [-0.3, -0.25) is 4.79 Å². The van der Waals surface area contributed by atoms with E-state index in [1.54, 1.807) is 26.0 Å². The summed E-state index contributed by atoms with van der Waals surface area (Å²) >= 11 is 0. The number of amides is 1. The second-order valence-electron chi connectivity index (χ2n) is 4.45. The van der Waals surface area contributed by atoms with Crippen molar-refractivity contribution in [2.45, 2.75) is 18.8 Å². The molecule has 0 radical (unpaired) electrons. The number of benzene rings is 1. The number of likely N-dealkylation sites (N-methyl/N-ethyl adjacent to an activating group) is 1. The minimum atomic E-state index is -0.764. The first kappa shape index (κ1) is 11.6. The number of fused-ring (bicyclic) bond motifs is 1. The Morgan fingerprint density at radius 1 is 1.47 bits per heavy atom. The number of methoxy groups -OCH3 is 1. The molecule has 0 N–H and O–H groups in total. The molecule has 4 nitrogen and oxygen atoms in total. The van der Waals surface area contributed by atoms with E-state index in [0.717, 1.165) is 17.5 Å². The van der Waals surface area contributed by atoms with Gasteiger partial charge in [0, 0.05) is 19.2 Å². The van der Waals surface area contributed by atoms with Crippen LogP contribution in [-0.4, -0.2) is 26.4 Å². The maximum atomic E-state index is 12.2. The number of aldehydes is 1. The van der Waals surface area contributed by atoms with Crippen molar-refractivity contribution in [3.05, 3.63) is 23.8 Å². The molecule has 1 heterocycles. The fourth-order valence-electron chi connectivity index (χ4n) is 2.34. The van der Waals surface area contributed by atoms with Crippen molar-refractivity contribution in [3.8, 4) is 5.75 Å². The lowest BCUT2D eigenvalue weighted by molar-refractivity contribution is -0.124. The molecular weight excluding hydrogens is 218 g/mol. The molecule has 1 aliphatic heterocycles. The van der Waals surface area contributed by atoms with Gasteiger partial charge in [-0.1, -0.05) is 0 Å². The highest BCUT2D eigenvalue weighted by atomic mass is 16.5. The highest BCUT2D eigenvalue weighted by Crippen LogP contribution is 2.44. The zero-order chi connectivity index (χ0) is 12.6. The molecule has 4 heteroatoms. The van der Waals surface area contributed by atoms with E-state index in [9.17, 15) is 9.59 Å². The summed E-state index contributed by atoms with van der Waals surface area (Å²) in [4.78, 5) is 24.6. The van der Waals surface area contributed by atoms with Gasteiger partial charge in [-0.05, 0) is 30.7 Å². The van der Waals surface area contributed by atoms with Crippen LogP contribution in [0.4, 0.5) is 5.69 Å². The second-order valence-corrected chi connectivity index (χ2v) is 4.45. The molecule has 2 rings (SSSR count). The molecule has 0 fully saturated rings. The van der Waals surface area contributed by atoms with Crippen LogP contribution in [-0.2, 0) is 15.0 Å². The van der Waals surface area contributed by atoms with Crippen LogP contribution >= 0.6 is 0 Å². The normalized spacial score (nSPS) is 22.5. The van der Waals surface area contributed by atoms with Crippen LogP contribution in [0, 0.1) is 0 Å². The molecule has 90 valence electrons. The van der Waals surface area contributed by atoms with Crippen molar-refractivity contribution in [1.29, 1.82) is 0 Å². The highest BCUT2D eigenvalue weighted by molar-refractivity contribution is 6.08. The van der Waals surface area contributed by atoms with Crippen LogP contribution in [0.2, 0.25) is 0 Å². The summed E-state index contributed by atoms with van der Waals surface area (Å²) in [5.41, 5.74) is 0.942.